The van der Waals surface area contributed by atoms with E-state index >= 15 is 0 Å². The molecule has 78 valence electrons. The van der Waals surface area contributed by atoms with E-state index in [0.717, 1.165) is 11.7 Å². The molecule has 1 aliphatic heterocycles. The van der Waals surface area contributed by atoms with E-state index in [-0.39, 0.29) is 0 Å². The summed E-state index contributed by atoms with van der Waals surface area (Å²) in [5.41, 5.74) is 6.67. The summed E-state index contributed by atoms with van der Waals surface area (Å²) >= 11 is 3.90. The highest BCUT2D eigenvalue weighted by atomic mass is 32.2. The van der Waals surface area contributed by atoms with E-state index in [4.69, 9.17) is 5.73 Å². The molecule has 0 amide bonds. The highest BCUT2D eigenvalue weighted by Crippen LogP contribution is 2.29. The SMILES string of the molecule is NCCc1csc(CC2CCCS2)n1. The molecule has 0 bridgehead atoms. The monoisotopic (exact) mass is 228 g/mol. The average Bonchev–Trinajstić information content (AvgIpc) is 2.79. The van der Waals surface area contributed by atoms with Gasteiger partial charge < -0.3 is 5.73 Å². The molecular weight excluding hydrogens is 212 g/mol. The number of hydrogen-bond acceptors (Lipinski definition) is 4. The summed E-state index contributed by atoms with van der Waals surface area (Å²) in [6, 6.07) is 0. The molecule has 1 atom stereocenters. The number of aromatic nitrogens is 1. The number of thioether (sulfide) groups is 1. The molecule has 0 spiro atoms. The van der Waals surface area contributed by atoms with Gasteiger partial charge in [0.2, 0.25) is 0 Å². The normalized spacial score (nSPS) is 21.6. The largest absolute Gasteiger partial charge is 0.330 e. The van der Waals surface area contributed by atoms with Crippen LogP contribution in [0.4, 0.5) is 0 Å². The second-order valence-corrected chi connectivity index (χ2v) is 5.96. The minimum atomic E-state index is 0.710. The van der Waals surface area contributed by atoms with Gasteiger partial charge in [-0.1, -0.05) is 0 Å². The van der Waals surface area contributed by atoms with E-state index in [9.17, 15) is 0 Å². The molecule has 2 nitrogen and oxygen atoms in total. The van der Waals surface area contributed by atoms with Gasteiger partial charge in [0.1, 0.15) is 0 Å². The molecular formula is C10H16N2S2. The van der Waals surface area contributed by atoms with Crippen molar-refractivity contribution in [2.24, 2.45) is 5.73 Å². The summed E-state index contributed by atoms with van der Waals surface area (Å²) in [6.07, 6.45) is 4.85. The van der Waals surface area contributed by atoms with Gasteiger partial charge in [0.05, 0.1) is 10.7 Å². The summed E-state index contributed by atoms with van der Waals surface area (Å²) in [7, 11) is 0. The molecule has 2 N–H and O–H groups in total. The Balaban J connectivity index is 1.88. The maximum atomic E-state index is 5.49. The molecule has 1 aromatic heterocycles. The van der Waals surface area contributed by atoms with Crippen molar-refractivity contribution in [2.75, 3.05) is 12.3 Å². The van der Waals surface area contributed by atoms with E-state index in [1.165, 1.54) is 35.7 Å². The van der Waals surface area contributed by atoms with Crippen molar-refractivity contribution in [1.82, 2.24) is 4.98 Å². The predicted octanol–water partition coefficient (Wildman–Crippen LogP) is 2.08. The molecule has 1 fully saturated rings. The number of rotatable bonds is 4. The summed E-state index contributed by atoms with van der Waals surface area (Å²) in [4.78, 5) is 4.59. The van der Waals surface area contributed by atoms with Crippen LogP contribution in [0.5, 0.6) is 0 Å². The van der Waals surface area contributed by atoms with Crippen LogP contribution in [0.3, 0.4) is 0 Å². The predicted molar refractivity (Wildman–Crippen MR) is 64.1 cm³/mol. The van der Waals surface area contributed by atoms with Gasteiger partial charge in [-0.15, -0.1) is 11.3 Å². The molecule has 4 heteroatoms. The van der Waals surface area contributed by atoms with Crippen molar-refractivity contribution >= 4 is 23.1 Å². The summed E-state index contributed by atoms with van der Waals surface area (Å²) < 4.78 is 0. The number of nitrogens with zero attached hydrogens (tertiary/aromatic N) is 1. The molecule has 1 aromatic rings. The zero-order valence-electron chi connectivity index (χ0n) is 8.24. The number of hydrogen-bond donors (Lipinski definition) is 1. The van der Waals surface area contributed by atoms with Gasteiger partial charge in [0.15, 0.2) is 0 Å². The fourth-order valence-electron chi connectivity index (χ4n) is 1.71. The zero-order valence-corrected chi connectivity index (χ0v) is 9.87. The third kappa shape index (κ3) is 2.72. The minimum absolute atomic E-state index is 0.710. The molecule has 0 radical (unpaired) electrons. The standard InChI is InChI=1S/C10H16N2S2/c11-4-3-8-7-14-10(12-8)6-9-2-1-5-13-9/h7,9H,1-6,11H2. The topological polar surface area (TPSA) is 38.9 Å². The smallest absolute Gasteiger partial charge is 0.0939 e. The first-order valence-electron chi connectivity index (χ1n) is 5.13. The van der Waals surface area contributed by atoms with Crippen molar-refractivity contribution < 1.29 is 0 Å². The first-order valence-corrected chi connectivity index (χ1v) is 7.06. The third-order valence-corrected chi connectivity index (χ3v) is 4.74. The molecule has 0 saturated carbocycles. The van der Waals surface area contributed by atoms with Crippen LogP contribution >= 0.6 is 23.1 Å². The Bertz CT molecular complexity index is 279. The van der Waals surface area contributed by atoms with Crippen molar-refractivity contribution in [2.45, 2.75) is 30.9 Å². The van der Waals surface area contributed by atoms with E-state index in [1.54, 1.807) is 11.3 Å². The molecule has 2 heterocycles. The fraction of sp³-hybridized carbons (Fsp3) is 0.700. The average molecular weight is 228 g/mol. The van der Waals surface area contributed by atoms with Crippen LogP contribution in [-0.4, -0.2) is 22.5 Å². The van der Waals surface area contributed by atoms with Crippen LogP contribution in [0.25, 0.3) is 0 Å². The Morgan fingerprint density at radius 2 is 2.50 bits per heavy atom. The first-order chi connectivity index (χ1) is 6.88. The Kier molecular flexibility index (Phi) is 3.84. The molecule has 0 aliphatic carbocycles. The minimum Gasteiger partial charge on any atom is -0.330 e. The highest BCUT2D eigenvalue weighted by molar-refractivity contribution is 8.00. The van der Waals surface area contributed by atoms with E-state index in [2.05, 4.69) is 22.1 Å². The third-order valence-electron chi connectivity index (χ3n) is 2.43. The number of thiazole rings is 1. The van der Waals surface area contributed by atoms with Crippen LogP contribution < -0.4 is 5.73 Å². The van der Waals surface area contributed by atoms with Crippen molar-refractivity contribution in [1.29, 1.82) is 0 Å². The zero-order chi connectivity index (χ0) is 9.80. The molecule has 1 unspecified atom stereocenters. The lowest BCUT2D eigenvalue weighted by Crippen LogP contribution is -2.04. The highest BCUT2D eigenvalue weighted by Gasteiger charge is 2.17. The van der Waals surface area contributed by atoms with Crippen molar-refractivity contribution in [3.8, 4) is 0 Å². The van der Waals surface area contributed by atoms with Gasteiger partial charge in [-0.05, 0) is 25.1 Å². The summed E-state index contributed by atoms with van der Waals surface area (Å²) in [6.45, 7) is 0.710. The van der Waals surface area contributed by atoms with Gasteiger partial charge in [0.25, 0.3) is 0 Å². The van der Waals surface area contributed by atoms with Crippen LogP contribution in [0.2, 0.25) is 0 Å². The molecule has 14 heavy (non-hydrogen) atoms. The molecule has 2 rings (SSSR count). The second-order valence-electron chi connectivity index (χ2n) is 3.61. The van der Waals surface area contributed by atoms with Gasteiger partial charge in [-0.3, -0.25) is 0 Å². The lowest BCUT2D eigenvalue weighted by atomic mass is 10.2. The van der Waals surface area contributed by atoms with E-state index in [1.807, 2.05) is 0 Å². The lowest BCUT2D eigenvalue weighted by molar-refractivity contribution is 0.769. The Morgan fingerprint density at radius 1 is 1.57 bits per heavy atom. The first kappa shape index (κ1) is 10.5. The Hall–Kier alpha value is -0.0600. The van der Waals surface area contributed by atoms with E-state index in [0.29, 0.717) is 6.54 Å². The summed E-state index contributed by atoms with van der Waals surface area (Å²) in [5.74, 6) is 1.34. The maximum absolute atomic E-state index is 5.49. The number of nitrogens with two attached hydrogens (primary N) is 1. The van der Waals surface area contributed by atoms with Crippen LogP contribution in [0.15, 0.2) is 5.38 Å². The fourth-order valence-corrected chi connectivity index (χ4v) is 4.00. The van der Waals surface area contributed by atoms with Gasteiger partial charge >= 0.3 is 0 Å². The van der Waals surface area contributed by atoms with E-state index < -0.39 is 0 Å². The van der Waals surface area contributed by atoms with Crippen LogP contribution in [0, 0.1) is 0 Å². The van der Waals surface area contributed by atoms with Crippen molar-refractivity contribution in [3.05, 3.63) is 16.1 Å². The Morgan fingerprint density at radius 3 is 3.21 bits per heavy atom. The quantitative estimate of drug-likeness (QED) is 0.857. The van der Waals surface area contributed by atoms with Gasteiger partial charge in [-0.25, -0.2) is 4.98 Å². The molecule has 1 saturated heterocycles. The lowest BCUT2D eigenvalue weighted by Gasteiger charge is -2.03. The Labute approximate surface area is 93.3 Å². The van der Waals surface area contributed by atoms with Gasteiger partial charge in [-0.2, -0.15) is 11.8 Å². The molecule has 1 aliphatic rings. The van der Waals surface area contributed by atoms with Gasteiger partial charge in [0, 0.05) is 23.5 Å². The van der Waals surface area contributed by atoms with Crippen LogP contribution in [-0.2, 0) is 12.8 Å². The molecule has 0 aromatic carbocycles. The summed E-state index contributed by atoms with van der Waals surface area (Å²) in [5, 5.41) is 4.28. The maximum Gasteiger partial charge on any atom is 0.0939 e. The van der Waals surface area contributed by atoms with Crippen LogP contribution in [0.1, 0.15) is 23.5 Å². The second kappa shape index (κ2) is 5.14. The van der Waals surface area contributed by atoms with Crippen molar-refractivity contribution in [3.63, 3.8) is 0 Å².